The van der Waals surface area contributed by atoms with E-state index < -0.39 is 5.60 Å². The number of ether oxygens (including phenoxy) is 1. The van der Waals surface area contributed by atoms with Gasteiger partial charge in [-0.15, -0.1) is 0 Å². The molecule has 0 saturated carbocycles. The predicted octanol–water partition coefficient (Wildman–Crippen LogP) is 2.34. The number of fused-ring (bicyclic) bond motifs is 1. The van der Waals surface area contributed by atoms with Gasteiger partial charge >= 0.3 is 0 Å². The van der Waals surface area contributed by atoms with E-state index in [1.165, 1.54) is 5.56 Å². The highest BCUT2D eigenvalue weighted by Gasteiger charge is 2.37. The maximum absolute atomic E-state index is 10.6. The van der Waals surface area contributed by atoms with E-state index in [0.717, 1.165) is 48.7 Å². The van der Waals surface area contributed by atoms with Gasteiger partial charge in [0, 0.05) is 11.3 Å². The van der Waals surface area contributed by atoms with Crippen molar-refractivity contribution in [2.45, 2.75) is 24.9 Å². The van der Waals surface area contributed by atoms with Crippen LogP contribution in [0.4, 0.5) is 0 Å². The van der Waals surface area contributed by atoms with Gasteiger partial charge in [-0.05, 0) is 30.6 Å². The molecule has 2 aliphatic heterocycles. The van der Waals surface area contributed by atoms with Gasteiger partial charge in [-0.25, -0.2) is 0 Å². The van der Waals surface area contributed by atoms with Crippen molar-refractivity contribution in [2.24, 2.45) is 0 Å². The SMILES string of the molecule is OC1(c2cccc3c2OCCC3)CCSC1. The van der Waals surface area contributed by atoms with Crippen molar-refractivity contribution >= 4 is 11.8 Å². The van der Waals surface area contributed by atoms with E-state index in [0.29, 0.717) is 0 Å². The summed E-state index contributed by atoms with van der Waals surface area (Å²) in [6.45, 7) is 0.785. The molecule has 86 valence electrons. The van der Waals surface area contributed by atoms with Crippen LogP contribution in [0.2, 0.25) is 0 Å². The highest BCUT2D eigenvalue weighted by atomic mass is 32.2. The fourth-order valence-electron chi connectivity index (χ4n) is 2.52. The molecule has 3 heteroatoms. The van der Waals surface area contributed by atoms with Crippen LogP contribution >= 0.6 is 11.8 Å². The predicted molar refractivity (Wildman–Crippen MR) is 66.1 cm³/mol. The average molecular weight is 236 g/mol. The van der Waals surface area contributed by atoms with E-state index in [4.69, 9.17) is 4.74 Å². The first-order valence-corrected chi connectivity index (χ1v) is 7.00. The zero-order valence-electron chi connectivity index (χ0n) is 9.24. The van der Waals surface area contributed by atoms with E-state index in [2.05, 4.69) is 6.07 Å². The minimum absolute atomic E-state index is 0.659. The summed E-state index contributed by atoms with van der Waals surface area (Å²) >= 11 is 1.82. The number of aryl methyl sites for hydroxylation is 1. The number of hydrogen-bond acceptors (Lipinski definition) is 3. The summed E-state index contributed by atoms with van der Waals surface area (Å²) in [4.78, 5) is 0. The third-order valence-electron chi connectivity index (χ3n) is 3.44. The van der Waals surface area contributed by atoms with Gasteiger partial charge in [0.25, 0.3) is 0 Å². The number of benzene rings is 1. The fourth-order valence-corrected chi connectivity index (χ4v) is 3.79. The van der Waals surface area contributed by atoms with E-state index in [1.54, 1.807) is 0 Å². The highest BCUT2D eigenvalue weighted by molar-refractivity contribution is 7.99. The lowest BCUT2D eigenvalue weighted by Crippen LogP contribution is -2.27. The van der Waals surface area contributed by atoms with E-state index in [1.807, 2.05) is 23.9 Å². The lowest BCUT2D eigenvalue weighted by Gasteiger charge is -2.28. The zero-order valence-corrected chi connectivity index (χ0v) is 10.1. The third-order valence-corrected chi connectivity index (χ3v) is 4.61. The summed E-state index contributed by atoms with van der Waals surface area (Å²) in [5.41, 5.74) is 1.61. The second-order valence-electron chi connectivity index (χ2n) is 4.58. The molecule has 0 aliphatic carbocycles. The second kappa shape index (κ2) is 3.97. The Morgan fingerprint density at radius 1 is 1.38 bits per heavy atom. The van der Waals surface area contributed by atoms with Gasteiger partial charge < -0.3 is 9.84 Å². The van der Waals surface area contributed by atoms with Gasteiger partial charge in [-0.1, -0.05) is 18.2 Å². The molecule has 2 aliphatic rings. The van der Waals surface area contributed by atoms with Crippen molar-refractivity contribution in [3.63, 3.8) is 0 Å². The molecule has 2 nitrogen and oxygen atoms in total. The van der Waals surface area contributed by atoms with Gasteiger partial charge in [-0.3, -0.25) is 0 Å². The number of thioether (sulfide) groups is 1. The molecule has 1 unspecified atom stereocenters. The molecule has 2 heterocycles. The number of para-hydroxylation sites is 1. The normalized spacial score (nSPS) is 28.6. The molecule has 1 atom stereocenters. The molecular formula is C13H16O2S. The van der Waals surface area contributed by atoms with Gasteiger partial charge in [0.1, 0.15) is 11.4 Å². The number of rotatable bonds is 1. The van der Waals surface area contributed by atoms with Crippen LogP contribution in [0.3, 0.4) is 0 Å². The van der Waals surface area contributed by atoms with Gasteiger partial charge in [0.05, 0.1) is 6.61 Å². The maximum Gasteiger partial charge on any atom is 0.128 e. The molecule has 0 radical (unpaired) electrons. The molecule has 1 fully saturated rings. The molecule has 3 rings (SSSR count). The molecule has 1 aromatic rings. The van der Waals surface area contributed by atoms with Crippen LogP contribution in [0.1, 0.15) is 24.0 Å². The first-order chi connectivity index (χ1) is 7.80. The largest absolute Gasteiger partial charge is 0.493 e. The molecule has 1 saturated heterocycles. The third kappa shape index (κ3) is 1.62. The van der Waals surface area contributed by atoms with Crippen molar-refractivity contribution in [3.05, 3.63) is 29.3 Å². The fraction of sp³-hybridized carbons (Fsp3) is 0.538. The van der Waals surface area contributed by atoms with Crippen LogP contribution in [0, 0.1) is 0 Å². The molecule has 0 amide bonds. The van der Waals surface area contributed by atoms with Crippen molar-refractivity contribution < 1.29 is 9.84 Å². The topological polar surface area (TPSA) is 29.5 Å². The first-order valence-electron chi connectivity index (χ1n) is 5.85. The van der Waals surface area contributed by atoms with Crippen LogP contribution in [0.15, 0.2) is 18.2 Å². The van der Waals surface area contributed by atoms with Crippen LogP contribution in [-0.4, -0.2) is 23.2 Å². The Hall–Kier alpha value is -0.670. The summed E-state index contributed by atoms with van der Waals surface area (Å²) in [6.07, 6.45) is 3.01. The smallest absolute Gasteiger partial charge is 0.128 e. The second-order valence-corrected chi connectivity index (χ2v) is 5.69. The summed E-state index contributed by atoms with van der Waals surface area (Å²) in [6, 6.07) is 6.18. The van der Waals surface area contributed by atoms with E-state index in [9.17, 15) is 5.11 Å². The van der Waals surface area contributed by atoms with Crippen molar-refractivity contribution in [2.75, 3.05) is 18.1 Å². The van der Waals surface area contributed by atoms with E-state index in [-0.39, 0.29) is 0 Å². The molecule has 1 aromatic carbocycles. The van der Waals surface area contributed by atoms with Crippen LogP contribution in [0.5, 0.6) is 5.75 Å². The minimum atomic E-state index is -0.659. The lowest BCUT2D eigenvalue weighted by molar-refractivity contribution is 0.0614. The maximum atomic E-state index is 10.6. The Balaban J connectivity index is 2.06. The Morgan fingerprint density at radius 2 is 2.31 bits per heavy atom. The van der Waals surface area contributed by atoms with Crippen LogP contribution in [-0.2, 0) is 12.0 Å². The first kappa shape index (κ1) is 10.5. The summed E-state index contributed by atoms with van der Waals surface area (Å²) in [5, 5.41) is 10.6. The minimum Gasteiger partial charge on any atom is -0.493 e. The lowest BCUT2D eigenvalue weighted by atomic mass is 9.89. The van der Waals surface area contributed by atoms with Crippen molar-refractivity contribution in [1.82, 2.24) is 0 Å². The molecule has 0 aromatic heterocycles. The number of aliphatic hydroxyl groups is 1. The molecular weight excluding hydrogens is 220 g/mol. The summed E-state index contributed by atoms with van der Waals surface area (Å²) < 4.78 is 5.76. The Labute approximate surface area is 100 Å². The Kier molecular flexibility index (Phi) is 2.60. The van der Waals surface area contributed by atoms with Crippen molar-refractivity contribution in [1.29, 1.82) is 0 Å². The van der Waals surface area contributed by atoms with Crippen LogP contribution < -0.4 is 4.74 Å². The molecule has 0 bridgehead atoms. The van der Waals surface area contributed by atoms with Crippen LogP contribution in [0.25, 0.3) is 0 Å². The standard InChI is InChI=1S/C13H16O2S/c14-13(6-8-16-9-13)11-5-1-3-10-4-2-7-15-12(10)11/h1,3,5,14H,2,4,6-9H2. The monoisotopic (exact) mass is 236 g/mol. The van der Waals surface area contributed by atoms with Gasteiger partial charge in [0.15, 0.2) is 0 Å². The molecule has 16 heavy (non-hydrogen) atoms. The van der Waals surface area contributed by atoms with E-state index >= 15 is 0 Å². The number of hydrogen-bond donors (Lipinski definition) is 1. The Morgan fingerprint density at radius 3 is 3.12 bits per heavy atom. The zero-order chi connectivity index (χ0) is 11.0. The highest BCUT2D eigenvalue weighted by Crippen LogP contribution is 2.43. The quantitative estimate of drug-likeness (QED) is 0.811. The molecule has 0 spiro atoms. The summed E-state index contributed by atoms with van der Waals surface area (Å²) in [7, 11) is 0. The average Bonchev–Trinajstić information content (AvgIpc) is 2.77. The van der Waals surface area contributed by atoms with Gasteiger partial charge in [-0.2, -0.15) is 11.8 Å². The van der Waals surface area contributed by atoms with Gasteiger partial charge in [0.2, 0.25) is 0 Å². The Bertz CT molecular complexity index is 397. The van der Waals surface area contributed by atoms with Crippen molar-refractivity contribution in [3.8, 4) is 5.75 Å². The molecule has 1 N–H and O–H groups in total. The summed E-state index contributed by atoms with van der Waals surface area (Å²) in [5.74, 6) is 2.80.